The number of ketones is 2. The fourth-order valence-corrected chi connectivity index (χ4v) is 10.9. The van der Waals surface area contributed by atoms with E-state index < -0.39 is 43.0 Å². The molecule has 42 heavy (non-hydrogen) atoms. The van der Waals surface area contributed by atoms with Crippen LogP contribution in [0.5, 0.6) is 0 Å². The maximum Gasteiger partial charge on any atom is 0.312 e. The molecule has 1 N–H and O–H groups in total. The second-order valence-electron chi connectivity index (χ2n) is 16.0. The molecule has 1 amide bonds. The van der Waals surface area contributed by atoms with Crippen molar-refractivity contribution >= 4 is 33.5 Å². The summed E-state index contributed by atoms with van der Waals surface area (Å²) < 4.78 is 31.3. The molecule has 0 aromatic heterocycles. The van der Waals surface area contributed by atoms with Crippen LogP contribution in [-0.2, 0) is 33.9 Å². The van der Waals surface area contributed by atoms with Crippen molar-refractivity contribution in [3.8, 4) is 0 Å². The van der Waals surface area contributed by atoms with Gasteiger partial charge in [-0.25, -0.2) is 13.1 Å². The molecule has 5 aliphatic carbocycles. The Labute approximate surface area is 250 Å². The molecule has 7 atom stereocenters. The lowest BCUT2D eigenvalue weighted by Gasteiger charge is -2.68. The van der Waals surface area contributed by atoms with Crippen molar-refractivity contribution in [2.75, 3.05) is 13.4 Å². The first-order chi connectivity index (χ1) is 19.1. The summed E-state index contributed by atoms with van der Waals surface area (Å²) in [6.07, 6.45) is 9.54. The highest BCUT2D eigenvalue weighted by Gasteiger charge is 2.71. The number of nitrogens with one attached hydrogen (secondary N) is 1. The van der Waals surface area contributed by atoms with Crippen LogP contribution in [0.15, 0.2) is 23.3 Å². The van der Waals surface area contributed by atoms with Gasteiger partial charge in [0.15, 0.2) is 11.6 Å². The van der Waals surface area contributed by atoms with E-state index in [0.29, 0.717) is 19.3 Å². The zero-order valence-corrected chi connectivity index (χ0v) is 27.4. The molecule has 9 heteroatoms. The highest BCUT2D eigenvalue weighted by Crippen LogP contribution is 2.74. The number of allylic oxidation sites excluding steroid dienone is 3. The number of ether oxygens (including phenoxy) is 1. The Morgan fingerprint density at radius 1 is 0.952 bits per heavy atom. The van der Waals surface area contributed by atoms with Crippen LogP contribution in [0.25, 0.3) is 0 Å². The molecule has 0 radical (unpaired) electrons. The van der Waals surface area contributed by atoms with Crippen LogP contribution in [0.3, 0.4) is 0 Å². The van der Waals surface area contributed by atoms with Crippen LogP contribution in [-0.4, -0.2) is 45.2 Å². The Bertz CT molecular complexity index is 1450. The van der Waals surface area contributed by atoms with Crippen LogP contribution >= 0.6 is 0 Å². The van der Waals surface area contributed by atoms with E-state index in [1.165, 1.54) is 7.11 Å². The number of hydrogen-bond acceptors (Lipinski definition) is 7. The Morgan fingerprint density at radius 2 is 1.57 bits per heavy atom. The number of sulfonamides is 1. The number of hydrogen-bond donors (Lipinski definition) is 1. The molecular formula is C33H47NO7S. The minimum Gasteiger partial charge on any atom is -0.469 e. The maximum absolute atomic E-state index is 14.5. The lowest BCUT2D eigenvalue weighted by molar-refractivity contribution is -0.191. The van der Waals surface area contributed by atoms with Gasteiger partial charge >= 0.3 is 5.97 Å². The summed E-state index contributed by atoms with van der Waals surface area (Å²) in [5, 5.41) is 0. The molecule has 3 fully saturated rings. The topological polar surface area (TPSA) is 124 Å². The quantitative estimate of drug-likeness (QED) is 0.359. The minimum absolute atomic E-state index is 0.00633. The van der Waals surface area contributed by atoms with Crippen molar-refractivity contribution in [2.24, 2.45) is 50.2 Å². The first kappa shape index (κ1) is 31.1. The Kier molecular flexibility index (Phi) is 6.76. The van der Waals surface area contributed by atoms with Crippen molar-refractivity contribution in [2.45, 2.75) is 93.4 Å². The molecule has 5 aliphatic rings. The van der Waals surface area contributed by atoms with E-state index in [1.54, 1.807) is 12.2 Å². The number of carbonyl (C=O) groups is 4. The summed E-state index contributed by atoms with van der Waals surface area (Å²) >= 11 is 0. The molecule has 0 heterocycles. The third kappa shape index (κ3) is 4.07. The van der Waals surface area contributed by atoms with Gasteiger partial charge in [-0.15, -0.1) is 0 Å². The zero-order chi connectivity index (χ0) is 31.5. The molecule has 0 spiro atoms. The fraction of sp³-hybridized carbons (Fsp3) is 0.758. The normalized spacial score (nSPS) is 42.1. The van der Waals surface area contributed by atoms with Gasteiger partial charge in [-0.2, -0.15) is 0 Å². The van der Waals surface area contributed by atoms with Gasteiger partial charge in [-0.1, -0.05) is 60.1 Å². The third-order valence-corrected chi connectivity index (χ3v) is 13.4. The van der Waals surface area contributed by atoms with Crippen LogP contribution in [0.2, 0.25) is 0 Å². The van der Waals surface area contributed by atoms with Gasteiger partial charge in [-0.3, -0.25) is 19.2 Å². The highest BCUT2D eigenvalue weighted by atomic mass is 32.2. The van der Waals surface area contributed by atoms with Crippen molar-refractivity contribution in [1.82, 2.24) is 4.72 Å². The number of esters is 1. The van der Waals surface area contributed by atoms with Gasteiger partial charge < -0.3 is 4.74 Å². The third-order valence-electron chi connectivity index (χ3n) is 12.9. The van der Waals surface area contributed by atoms with Crippen molar-refractivity contribution in [1.29, 1.82) is 0 Å². The first-order valence-electron chi connectivity index (χ1n) is 15.2. The van der Waals surface area contributed by atoms with E-state index in [-0.39, 0.29) is 46.3 Å². The van der Waals surface area contributed by atoms with Crippen LogP contribution in [0.4, 0.5) is 0 Å². The number of rotatable bonds is 3. The summed E-state index contributed by atoms with van der Waals surface area (Å²) in [6.45, 7) is 14.5. The highest BCUT2D eigenvalue weighted by molar-refractivity contribution is 7.89. The molecule has 0 bridgehead atoms. The molecule has 2 unspecified atom stereocenters. The van der Waals surface area contributed by atoms with E-state index in [2.05, 4.69) is 27.7 Å². The number of methoxy groups -OCH3 is 1. The molecular weight excluding hydrogens is 554 g/mol. The van der Waals surface area contributed by atoms with E-state index in [1.807, 2.05) is 25.5 Å². The largest absolute Gasteiger partial charge is 0.469 e. The van der Waals surface area contributed by atoms with Crippen molar-refractivity contribution < 1.29 is 32.3 Å². The van der Waals surface area contributed by atoms with Gasteiger partial charge in [0.25, 0.3) is 5.91 Å². The maximum atomic E-state index is 14.5. The van der Waals surface area contributed by atoms with Gasteiger partial charge in [0, 0.05) is 16.7 Å². The first-order valence-corrected chi connectivity index (χ1v) is 17.1. The molecule has 0 aromatic rings. The predicted octanol–water partition coefficient (Wildman–Crippen LogP) is 4.93. The average Bonchev–Trinajstić information content (AvgIpc) is 2.86. The number of fused-ring (bicyclic) bond motifs is 7. The summed E-state index contributed by atoms with van der Waals surface area (Å²) in [7, 11) is -2.44. The van der Waals surface area contributed by atoms with Gasteiger partial charge in [0.05, 0.1) is 24.4 Å². The summed E-state index contributed by atoms with van der Waals surface area (Å²) in [5.41, 5.74) is -2.59. The summed E-state index contributed by atoms with van der Waals surface area (Å²) in [5.74, 6) is -2.18. The molecule has 0 aromatic carbocycles. The minimum atomic E-state index is -3.89. The molecule has 8 nitrogen and oxygen atoms in total. The van der Waals surface area contributed by atoms with Gasteiger partial charge in [0.1, 0.15) is 0 Å². The molecule has 0 aliphatic heterocycles. The molecule has 232 valence electrons. The number of carbonyl (C=O) groups excluding carboxylic acids is 4. The van der Waals surface area contributed by atoms with Crippen LogP contribution < -0.4 is 4.72 Å². The molecule has 0 saturated heterocycles. The summed E-state index contributed by atoms with van der Waals surface area (Å²) in [6, 6.07) is 0. The zero-order valence-electron chi connectivity index (χ0n) is 26.6. The van der Waals surface area contributed by atoms with Gasteiger partial charge in [-0.05, 0) is 79.1 Å². The van der Waals surface area contributed by atoms with Crippen LogP contribution in [0.1, 0.15) is 93.4 Å². The predicted molar refractivity (Wildman–Crippen MR) is 158 cm³/mol. The average molecular weight is 602 g/mol. The number of Topliss-reactive ketones (excluding diaryl/α,β-unsaturated/α-hetero) is 1. The van der Waals surface area contributed by atoms with E-state index in [4.69, 9.17) is 4.74 Å². The monoisotopic (exact) mass is 601 g/mol. The van der Waals surface area contributed by atoms with E-state index in [9.17, 15) is 27.6 Å². The second-order valence-corrected chi connectivity index (χ2v) is 17.7. The smallest absolute Gasteiger partial charge is 0.312 e. The second kappa shape index (κ2) is 9.12. The fourth-order valence-electron chi connectivity index (χ4n) is 10.5. The lowest BCUT2D eigenvalue weighted by atomic mass is 9.34. The number of amides is 1. The Hall–Kier alpha value is -2.29. The van der Waals surface area contributed by atoms with Crippen molar-refractivity contribution in [3.63, 3.8) is 0 Å². The summed E-state index contributed by atoms with van der Waals surface area (Å²) in [4.78, 5) is 54.8. The standard InChI is InChI=1S/C33H47NO7S/c1-28(2)12-14-33(27(38)41-8)15-13-32(7)24(20(33)18-28)21(35)16-23-30(5)17-19(26(37)34-42(9,39)40)25(36)29(3,4)22(30)10-11-31(23,32)6/h16-17,20,22,24H,10-15,18H2,1-9H3,(H,34,37)/t20?,22-,24?,30-,31+,32+,33-/m0/s1. The Morgan fingerprint density at radius 3 is 2.17 bits per heavy atom. The van der Waals surface area contributed by atoms with Gasteiger partial charge in [0.2, 0.25) is 10.0 Å². The lowest BCUT2D eigenvalue weighted by Crippen LogP contribution is -2.66. The SMILES string of the molecule is COC(=O)[C@]12CCC(C)(C)CC1C1C(=O)C=C3[C@@]4(C)C=C(C(=O)NS(C)(=O)=O)C(=O)C(C)(C)[C@@H]4CC[C@@]3(C)[C@]1(C)CC2. The Balaban J connectivity index is 1.69. The van der Waals surface area contributed by atoms with E-state index >= 15 is 0 Å². The molecule has 5 rings (SSSR count). The van der Waals surface area contributed by atoms with Crippen LogP contribution in [0, 0.1) is 50.2 Å². The molecule has 3 saturated carbocycles. The van der Waals surface area contributed by atoms with Crippen molar-refractivity contribution in [3.05, 3.63) is 23.3 Å². The van der Waals surface area contributed by atoms with E-state index in [0.717, 1.165) is 37.5 Å².